The summed E-state index contributed by atoms with van der Waals surface area (Å²) in [5, 5.41) is 20.4. The van der Waals surface area contributed by atoms with Crippen molar-refractivity contribution in [3.63, 3.8) is 0 Å². The minimum Gasteiger partial charge on any atom is -0.341 e. The van der Waals surface area contributed by atoms with Crippen molar-refractivity contribution < 1.29 is 4.79 Å². The third-order valence-electron chi connectivity index (χ3n) is 6.12. The zero-order chi connectivity index (χ0) is 21.5. The fraction of sp³-hybridized carbons (Fsp3) is 0.455. The van der Waals surface area contributed by atoms with Crippen molar-refractivity contribution in [2.75, 3.05) is 23.7 Å². The van der Waals surface area contributed by atoms with Crippen LogP contribution in [-0.4, -0.2) is 50.2 Å². The number of aromatic nitrogens is 3. The fourth-order valence-electron chi connectivity index (χ4n) is 4.38. The maximum Gasteiger partial charge on any atom is 0.253 e. The number of rotatable bonds is 7. The van der Waals surface area contributed by atoms with Crippen molar-refractivity contribution >= 4 is 52.0 Å². The van der Waals surface area contributed by atoms with Gasteiger partial charge in [-0.1, -0.05) is 23.9 Å². The Labute approximate surface area is 199 Å². The van der Waals surface area contributed by atoms with E-state index in [2.05, 4.69) is 42.6 Å². The highest BCUT2D eigenvalue weighted by atomic mass is 32.2. The van der Waals surface area contributed by atoms with Crippen LogP contribution in [0, 0.1) is 0 Å². The van der Waals surface area contributed by atoms with Gasteiger partial charge in [0.25, 0.3) is 5.91 Å². The van der Waals surface area contributed by atoms with Crippen molar-refractivity contribution in [1.82, 2.24) is 19.8 Å². The number of hydrazone groups is 1. The number of anilines is 1. The molecule has 1 amide bonds. The van der Waals surface area contributed by atoms with E-state index in [1.807, 2.05) is 12.1 Å². The van der Waals surface area contributed by atoms with Gasteiger partial charge < -0.3 is 4.90 Å². The van der Waals surface area contributed by atoms with Crippen LogP contribution in [0.2, 0.25) is 0 Å². The molecule has 7 nitrogen and oxygen atoms in total. The van der Waals surface area contributed by atoms with E-state index in [1.165, 1.54) is 42.3 Å². The summed E-state index contributed by atoms with van der Waals surface area (Å²) in [5.74, 6) is 1.32. The Kier molecular flexibility index (Phi) is 5.52. The van der Waals surface area contributed by atoms with Gasteiger partial charge >= 0.3 is 0 Å². The normalized spacial score (nSPS) is 20.9. The largest absolute Gasteiger partial charge is 0.341 e. The topological polar surface area (TPSA) is 66.6 Å². The Balaban J connectivity index is 1.21. The van der Waals surface area contributed by atoms with E-state index in [0.717, 1.165) is 41.2 Å². The first-order chi connectivity index (χ1) is 15.8. The van der Waals surface area contributed by atoms with Gasteiger partial charge in [0.1, 0.15) is 0 Å². The summed E-state index contributed by atoms with van der Waals surface area (Å²) >= 11 is 4.85. The molecule has 5 heterocycles. The van der Waals surface area contributed by atoms with Crippen LogP contribution in [0.15, 0.2) is 45.3 Å². The van der Waals surface area contributed by atoms with Crippen molar-refractivity contribution in [3.8, 4) is 0 Å². The zero-order valence-corrected chi connectivity index (χ0v) is 20.0. The van der Waals surface area contributed by atoms with Gasteiger partial charge in [-0.2, -0.15) is 5.10 Å². The van der Waals surface area contributed by atoms with Crippen LogP contribution in [-0.2, 0) is 4.79 Å². The molecule has 0 aromatic carbocycles. The highest BCUT2D eigenvalue weighted by Gasteiger charge is 2.36. The lowest BCUT2D eigenvalue weighted by Crippen LogP contribution is -2.28. The number of hydrogen-bond donors (Lipinski definition) is 0. The minimum atomic E-state index is -0.0262. The van der Waals surface area contributed by atoms with E-state index in [9.17, 15) is 4.79 Å². The summed E-state index contributed by atoms with van der Waals surface area (Å²) in [6.07, 6.45) is 5.52. The second-order valence-corrected chi connectivity index (χ2v) is 11.2. The predicted octanol–water partition coefficient (Wildman–Crippen LogP) is 4.81. The van der Waals surface area contributed by atoms with Crippen LogP contribution in [0.5, 0.6) is 0 Å². The van der Waals surface area contributed by atoms with E-state index in [-0.39, 0.29) is 11.9 Å². The number of hydrogen-bond acceptors (Lipinski definition) is 8. The quantitative estimate of drug-likeness (QED) is 0.451. The van der Waals surface area contributed by atoms with Gasteiger partial charge in [0, 0.05) is 30.4 Å². The van der Waals surface area contributed by atoms with Gasteiger partial charge in [-0.25, -0.2) is 5.01 Å². The number of nitrogens with zero attached hydrogens (tertiary/aromatic N) is 6. The van der Waals surface area contributed by atoms with E-state index in [1.54, 1.807) is 27.7 Å². The summed E-state index contributed by atoms with van der Waals surface area (Å²) in [6.45, 7) is 2.09. The monoisotopic (exact) mass is 484 g/mol. The molecule has 1 saturated carbocycles. The Morgan fingerprint density at radius 1 is 1.09 bits per heavy atom. The molecule has 0 radical (unpaired) electrons. The number of amides is 1. The SMILES string of the molecule is O=C(CSc1nnc(N2CCCC2)n1C1CC1)N1N=C(c2cccs2)CC1c1cccs1. The van der Waals surface area contributed by atoms with Gasteiger partial charge in [0.15, 0.2) is 5.16 Å². The third-order valence-corrected chi connectivity index (χ3v) is 8.94. The molecule has 1 aliphatic carbocycles. The predicted molar refractivity (Wildman–Crippen MR) is 130 cm³/mol. The molecule has 0 spiro atoms. The van der Waals surface area contributed by atoms with Gasteiger partial charge in [-0.15, -0.1) is 32.9 Å². The van der Waals surface area contributed by atoms with Gasteiger partial charge in [0.05, 0.1) is 22.4 Å². The highest BCUT2D eigenvalue weighted by molar-refractivity contribution is 7.99. The molecule has 166 valence electrons. The maximum absolute atomic E-state index is 13.3. The molecule has 6 rings (SSSR count). The summed E-state index contributed by atoms with van der Waals surface area (Å²) in [6, 6.07) is 8.70. The number of thiophene rings is 2. The Morgan fingerprint density at radius 3 is 2.62 bits per heavy atom. The lowest BCUT2D eigenvalue weighted by Gasteiger charge is -2.21. The van der Waals surface area contributed by atoms with Gasteiger partial charge in [-0.05, 0) is 48.6 Å². The summed E-state index contributed by atoms with van der Waals surface area (Å²) in [7, 11) is 0. The molecule has 0 N–H and O–H groups in total. The van der Waals surface area contributed by atoms with Gasteiger partial charge in [-0.3, -0.25) is 9.36 Å². The molecular formula is C22H24N6OS3. The molecule has 3 aromatic heterocycles. The second-order valence-electron chi connectivity index (χ2n) is 8.36. The Hall–Kier alpha value is -2.17. The molecule has 1 unspecified atom stereocenters. The molecule has 0 bridgehead atoms. The summed E-state index contributed by atoms with van der Waals surface area (Å²) in [5.41, 5.74) is 0.995. The van der Waals surface area contributed by atoms with Crippen molar-refractivity contribution in [2.45, 2.75) is 49.3 Å². The van der Waals surface area contributed by atoms with Gasteiger partial charge in [0.2, 0.25) is 5.95 Å². The van der Waals surface area contributed by atoms with E-state index < -0.39 is 0 Å². The highest BCUT2D eigenvalue weighted by Crippen LogP contribution is 2.42. The molecule has 3 aromatic rings. The van der Waals surface area contributed by atoms with E-state index >= 15 is 0 Å². The van der Waals surface area contributed by atoms with Crippen LogP contribution >= 0.6 is 34.4 Å². The number of thioether (sulfide) groups is 1. The van der Waals surface area contributed by atoms with Crippen molar-refractivity contribution in [1.29, 1.82) is 0 Å². The average Bonchev–Trinajstić information content (AvgIpc) is 3.45. The summed E-state index contributed by atoms with van der Waals surface area (Å²) < 4.78 is 2.27. The first kappa shape index (κ1) is 20.4. The van der Waals surface area contributed by atoms with Crippen LogP contribution in [0.25, 0.3) is 0 Å². The maximum atomic E-state index is 13.3. The van der Waals surface area contributed by atoms with Crippen LogP contribution in [0.3, 0.4) is 0 Å². The number of carbonyl (C=O) groups excluding carboxylic acids is 1. The molecule has 10 heteroatoms. The molecular weight excluding hydrogens is 460 g/mol. The molecule has 3 aliphatic rings. The first-order valence-corrected chi connectivity index (χ1v) is 13.8. The lowest BCUT2D eigenvalue weighted by atomic mass is 10.1. The van der Waals surface area contributed by atoms with Crippen LogP contribution in [0.4, 0.5) is 5.95 Å². The molecule has 1 saturated heterocycles. The Morgan fingerprint density at radius 2 is 1.91 bits per heavy atom. The van der Waals surface area contributed by atoms with Crippen molar-refractivity contribution in [3.05, 3.63) is 44.8 Å². The smallest absolute Gasteiger partial charge is 0.253 e. The molecule has 32 heavy (non-hydrogen) atoms. The van der Waals surface area contributed by atoms with E-state index in [0.29, 0.717) is 11.8 Å². The second kappa shape index (κ2) is 8.64. The lowest BCUT2D eigenvalue weighted by molar-refractivity contribution is -0.130. The zero-order valence-electron chi connectivity index (χ0n) is 17.6. The first-order valence-electron chi connectivity index (χ1n) is 11.1. The molecule has 1 atom stereocenters. The van der Waals surface area contributed by atoms with Crippen molar-refractivity contribution in [2.24, 2.45) is 5.10 Å². The van der Waals surface area contributed by atoms with E-state index in [4.69, 9.17) is 5.10 Å². The standard InChI is InChI=1S/C22H24N6OS3/c29-20(14-32-22-24-23-21(26-9-1-2-10-26)27(22)15-7-8-15)28-17(19-6-4-12-31-19)13-16(25-28)18-5-3-11-30-18/h3-6,11-12,15,17H,1-2,7-10,13-14H2. The fourth-order valence-corrected chi connectivity index (χ4v) is 6.77. The average molecular weight is 485 g/mol. The molecule has 2 aliphatic heterocycles. The van der Waals surface area contributed by atoms with Crippen LogP contribution < -0.4 is 4.90 Å². The Bertz CT molecular complexity index is 1110. The van der Waals surface area contributed by atoms with Crippen LogP contribution in [0.1, 0.15) is 53.9 Å². The minimum absolute atomic E-state index is 0.0213. The summed E-state index contributed by atoms with van der Waals surface area (Å²) in [4.78, 5) is 18.0. The number of carbonyl (C=O) groups is 1. The third kappa shape index (κ3) is 3.88. The molecule has 2 fully saturated rings.